The van der Waals surface area contributed by atoms with Gasteiger partial charge in [0.05, 0.1) is 10.6 Å². The molecule has 3 rings (SSSR count). The molecule has 0 saturated carbocycles. The number of hydrogen-bond donors (Lipinski definition) is 1. The molecule has 0 amide bonds. The lowest BCUT2D eigenvalue weighted by molar-refractivity contribution is 0.432. The van der Waals surface area contributed by atoms with Crippen molar-refractivity contribution in [3.8, 4) is 23.0 Å². The van der Waals surface area contributed by atoms with Gasteiger partial charge in [0.25, 0.3) is 5.89 Å². The van der Waals surface area contributed by atoms with E-state index in [2.05, 4.69) is 31.1 Å². The first-order chi connectivity index (χ1) is 9.65. The summed E-state index contributed by atoms with van der Waals surface area (Å²) in [5.41, 5.74) is 7.57. The van der Waals surface area contributed by atoms with Gasteiger partial charge in [-0.05, 0) is 46.3 Å². The summed E-state index contributed by atoms with van der Waals surface area (Å²) in [6.07, 6.45) is 1.62. The summed E-state index contributed by atoms with van der Waals surface area (Å²) >= 11 is 9.48. The Morgan fingerprint density at radius 2 is 2.10 bits per heavy atom. The van der Waals surface area contributed by atoms with Crippen LogP contribution in [-0.2, 0) is 0 Å². The van der Waals surface area contributed by atoms with Gasteiger partial charge in [-0.2, -0.15) is 4.98 Å². The number of nitrogen functional groups attached to an aromatic ring is 1. The van der Waals surface area contributed by atoms with Gasteiger partial charge < -0.3 is 10.3 Å². The van der Waals surface area contributed by atoms with Crippen LogP contribution < -0.4 is 5.73 Å². The normalized spacial score (nSPS) is 10.7. The molecule has 2 N–H and O–H groups in total. The molecule has 5 nitrogen and oxygen atoms in total. The number of halogens is 2. The predicted molar refractivity (Wildman–Crippen MR) is 80.1 cm³/mol. The molecule has 0 aliphatic heterocycles. The van der Waals surface area contributed by atoms with Crippen LogP contribution in [0.25, 0.3) is 23.0 Å². The molecule has 0 atom stereocenters. The van der Waals surface area contributed by atoms with Crippen LogP contribution in [0, 0.1) is 0 Å². The molecule has 0 radical (unpaired) electrons. The molecule has 0 spiro atoms. The lowest BCUT2D eigenvalue weighted by Crippen LogP contribution is -1.88. The van der Waals surface area contributed by atoms with Gasteiger partial charge in [-0.25, -0.2) is 0 Å². The number of nitrogens with two attached hydrogens (primary N) is 1. The zero-order valence-electron chi connectivity index (χ0n) is 10.0. The fourth-order valence-corrected chi connectivity index (χ4v) is 2.31. The van der Waals surface area contributed by atoms with Crippen molar-refractivity contribution in [3.05, 3.63) is 46.0 Å². The first kappa shape index (κ1) is 13.1. The van der Waals surface area contributed by atoms with Crippen LogP contribution in [0.3, 0.4) is 0 Å². The average molecular weight is 352 g/mol. The van der Waals surface area contributed by atoms with E-state index in [0.29, 0.717) is 28.1 Å². The van der Waals surface area contributed by atoms with Gasteiger partial charge in [-0.15, -0.1) is 0 Å². The van der Waals surface area contributed by atoms with Crippen LogP contribution in [0.1, 0.15) is 0 Å². The van der Waals surface area contributed by atoms with Gasteiger partial charge >= 0.3 is 0 Å². The highest BCUT2D eigenvalue weighted by Crippen LogP contribution is 2.31. The maximum atomic E-state index is 6.06. The highest BCUT2D eigenvalue weighted by Gasteiger charge is 2.16. The molecule has 3 aromatic rings. The molecule has 2 heterocycles. The summed E-state index contributed by atoms with van der Waals surface area (Å²) < 4.78 is 6.06. The molecule has 0 saturated heterocycles. The minimum Gasteiger partial charge on any atom is -0.399 e. The monoisotopic (exact) mass is 350 g/mol. The molecule has 7 heteroatoms. The van der Waals surface area contributed by atoms with Crippen molar-refractivity contribution in [1.29, 1.82) is 0 Å². The number of nitrogens with zero attached hydrogens (tertiary/aromatic N) is 3. The Balaban J connectivity index is 2.07. The van der Waals surface area contributed by atoms with Crippen molar-refractivity contribution in [2.24, 2.45) is 0 Å². The van der Waals surface area contributed by atoms with Crippen LogP contribution in [-0.4, -0.2) is 15.1 Å². The van der Waals surface area contributed by atoms with Crippen molar-refractivity contribution < 1.29 is 4.52 Å². The van der Waals surface area contributed by atoms with Gasteiger partial charge in [0, 0.05) is 16.4 Å². The van der Waals surface area contributed by atoms with Crippen LogP contribution in [0.2, 0.25) is 5.02 Å². The Morgan fingerprint density at radius 3 is 2.90 bits per heavy atom. The van der Waals surface area contributed by atoms with Gasteiger partial charge in [0.15, 0.2) is 0 Å². The molecule has 20 heavy (non-hydrogen) atoms. The first-order valence-corrected chi connectivity index (χ1v) is 6.82. The largest absolute Gasteiger partial charge is 0.399 e. The zero-order chi connectivity index (χ0) is 14.1. The lowest BCUT2D eigenvalue weighted by atomic mass is 10.2. The maximum Gasteiger partial charge on any atom is 0.259 e. The molecule has 0 fully saturated rings. The molecule has 0 aliphatic carbocycles. The summed E-state index contributed by atoms with van der Waals surface area (Å²) in [7, 11) is 0. The third kappa shape index (κ3) is 2.39. The minimum atomic E-state index is 0.333. The van der Waals surface area contributed by atoms with Crippen LogP contribution in [0.4, 0.5) is 5.69 Å². The minimum absolute atomic E-state index is 0.333. The second kappa shape index (κ2) is 5.22. The topological polar surface area (TPSA) is 77.8 Å². The number of pyridine rings is 1. The van der Waals surface area contributed by atoms with Crippen molar-refractivity contribution in [1.82, 2.24) is 15.1 Å². The first-order valence-electron chi connectivity index (χ1n) is 5.65. The standard InChI is InChI=1S/C13H8BrClN4O/c14-9-4-3-7(16)6-8(9)13-18-12(19-20-13)11-10(15)2-1-5-17-11/h1-6H,16H2. The van der Waals surface area contributed by atoms with E-state index in [9.17, 15) is 0 Å². The highest BCUT2D eigenvalue weighted by atomic mass is 79.9. The SMILES string of the molecule is Nc1ccc(Br)c(-c2nc(-c3ncccc3Cl)no2)c1. The Kier molecular flexibility index (Phi) is 3.42. The molecule has 0 bridgehead atoms. The van der Waals surface area contributed by atoms with Gasteiger partial charge in [-0.3, -0.25) is 4.98 Å². The second-order valence-electron chi connectivity index (χ2n) is 4.00. The zero-order valence-corrected chi connectivity index (χ0v) is 12.4. The fourth-order valence-electron chi connectivity index (χ4n) is 1.69. The third-order valence-electron chi connectivity index (χ3n) is 2.62. The predicted octanol–water partition coefficient (Wildman–Crippen LogP) is 3.80. The summed E-state index contributed by atoms with van der Waals surface area (Å²) in [5, 5.41) is 4.36. The molecule has 100 valence electrons. The van der Waals surface area contributed by atoms with E-state index in [1.807, 2.05) is 6.07 Å². The smallest absolute Gasteiger partial charge is 0.259 e. The number of hydrogen-bond acceptors (Lipinski definition) is 5. The van der Waals surface area contributed by atoms with E-state index in [0.717, 1.165) is 10.0 Å². The number of rotatable bonds is 2. The van der Waals surface area contributed by atoms with E-state index < -0.39 is 0 Å². The van der Waals surface area contributed by atoms with Crippen LogP contribution in [0.15, 0.2) is 45.5 Å². The van der Waals surface area contributed by atoms with E-state index in [-0.39, 0.29) is 0 Å². The Labute approximate surface area is 127 Å². The Bertz CT molecular complexity index is 775. The van der Waals surface area contributed by atoms with Crippen molar-refractivity contribution >= 4 is 33.2 Å². The van der Waals surface area contributed by atoms with E-state index in [1.54, 1.807) is 30.5 Å². The number of aromatic nitrogens is 3. The number of benzene rings is 1. The summed E-state index contributed by atoms with van der Waals surface area (Å²) in [4.78, 5) is 8.45. The summed E-state index contributed by atoms with van der Waals surface area (Å²) in [6, 6.07) is 8.81. The number of anilines is 1. The highest BCUT2D eigenvalue weighted by molar-refractivity contribution is 9.10. The fraction of sp³-hybridized carbons (Fsp3) is 0. The van der Waals surface area contributed by atoms with Gasteiger partial charge in [-0.1, -0.05) is 16.8 Å². The van der Waals surface area contributed by atoms with Crippen LogP contribution in [0.5, 0.6) is 0 Å². The molecule has 2 aromatic heterocycles. The molecule has 0 unspecified atom stereocenters. The Hall–Kier alpha value is -1.92. The summed E-state index contributed by atoms with van der Waals surface area (Å²) in [6.45, 7) is 0. The lowest BCUT2D eigenvalue weighted by Gasteiger charge is -2.00. The molecule has 0 aliphatic rings. The van der Waals surface area contributed by atoms with Crippen molar-refractivity contribution in [3.63, 3.8) is 0 Å². The molecular formula is C13H8BrClN4O. The third-order valence-corrected chi connectivity index (χ3v) is 3.61. The van der Waals surface area contributed by atoms with Crippen LogP contribution >= 0.6 is 27.5 Å². The van der Waals surface area contributed by atoms with Gasteiger partial charge in [0.2, 0.25) is 5.82 Å². The molecule has 1 aromatic carbocycles. The molecular weight excluding hydrogens is 344 g/mol. The quantitative estimate of drug-likeness (QED) is 0.711. The van der Waals surface area contributed by atoms with Gasteiger partial charge in [0.1, 0.15) is 5.69 Å². The second-order valence-corrected chi connectivity index (χ2v) is 5.26. The summed E-state index contributed by atoms with van der Waals surface area (Å²) in [5.74, 6) is 0.681. The average Bonchev–Trinajstić information content (AvgIpc) is 2.91. The maximum absolute atomic E-state index is 6.06. The van der Waals surface area contributed by atoms with E-state index >= 15 is 0 Å². The Morgan fingerprint density at radius 1 is 1.25 bits per heavy atom. The van der Waals surface area contributed by atoms with E-state index in [1.165, 1.54) is 0 Å². The van der Waals surface area contributed by atoms with E-state index in [4.69, 9.17) is 21.9 Å². The van der Waals surface area contributed by atoms with Crippen molar-refractivity contribution in [2.75, 3.05) is 5.73 Å². The van der Waals surface area contributed by atoms with Crippen molar-refractivity contribution in [2.45, 2.75) is 0 Å².